The number of carbonyl (C=O) groups is 2. The van der Waals surface area contributed by atoms with Crippen LogP contribution >= 0.6 is 0 Å². The Hall–Kier alpha value is -1.89. The minimum absolute atomic E-state index is 0.125. The van der Waals surface area contributed by atoms with Crippen LogP contribution in [0.1, 0.15) is 50.8 Å². The fourth-order valence-electron chi connectivity index (χ4n) is 3.94. The fourth-order valence-corrected chi connectivity index (χ4v) is 3.94. The van der Waals surface area contributed by atoms with Crippen LogP contribution in [0.4, 0.5) is 0 Å². The van der Waals surface area contributed by atoms with E-state index in [4.69, 9.17) is 4.74 Å². The second-order valence-corrected chi connectivity index (χ2v) is 7.72. The highest BCUT2D eigenvalue weighted by Crippen LogP contribution is 2.22. The van der Waals surface area contributed by atoms with Crippen molar-refractivity contribution in [1.82, 2.24) is 19.8 Å². The summed E-state index contributed by atoms with van der Waals surface area (Å²) >= 11 is 0. The van der Waals surface area contributed by atoms with Crippen molar-refractivity contribution in [3.63, 3.8) is 0 Å². The largest absolute Gasteiger partial charge is 0.376 e. The number of hydrogen-bond donors (Lipinski definition) is 1. The minimum Gasteiger partial charge on any atom is -0.376 e. The van der Waals surface area contributed by atoms with Gasteiger partial charge in [-0.05, 0) is 44.9 Å². The number of ether oxygens (including phenoxy) is 1. The molecule has 3 heterocycles. The number of imidazole rings is 1. The Balaban J connectivity index is 1.28. The number of carbonyl (C=O) groups excluding carboxylic acids is 2. The van der Waals surface area contributed by atoms with Crippen LogP contribution in [0.5, 0.6) is 0 Å². The SMILES string of the molecule is Cc1nccn1CCC(=O)N1CCC(CCC(=O)NC[C@H]2CCCO2)CC1. The molecule has 0 spiro atoms. The van der Waals surface area contributed by atoms with E-state index in [0.29, 0.717) is 31.8 Å². The molecule has 2 aliphatic rings. The molecule has 0 bridgehead atoms. The van der Waals surface area contributed by atoms with Crippen molar-refractivity contribution in [2.24, 2.45) is 5.92 Å². The van der Waals surface area contributed by atoms with Gasteiger partial charge in [0.2, 0.25) is 11.8 Å². The number of amides is 2. The lowest BCUT2D eigenvalue weighted by Gasteiger charge is -2.32. The first kappa shape index (κ1) is 19.9. The van der Waals surface area contributed by atoms with E-state index in [-0.39, 0.29) is 17.9 Å². The lowest BCUT2D eigenvalue weighted by atomic mass is 9.92. The number of piperidine rings is 1. The van der Waals surface area contributed by atoms with Crippen molar-refractivity contribution in [3.05, 3.63) is 18.2 Å². The van der Waals surface area contributed by atoms with Gasteiger partial charge in [0.05, 0.1) is 6.10 Å². The Labute approximate surface area is 161 Å². The summed E-state index contributed by atoms with van der Waals surface area (Å²) in [5, 5.41) is 2.99. The van der Waals surface area contributed by atoms with Gasteiger partial charge in [-0.2, -0.15) is 0 Å². The molecule has 0 aliphatic carbocycles. The number of nitrogens with zero attached hydrogens (tertiary/aromatic N) is 3. The molecular weight excluding hydrogens is 344 g/mol. The van der Waals surface area contributed by atoms with Gasteiger partial charge in [0.1, 0.15) is 5.82 Å². The normalized spacial score (nSPS) is 20.8. The average molecular weight is 377 g/mol. The van der Waals surface area contributed by atoms with Crippen LogP contribution in [0.2, 0.25) is 0 Å². The third-order valence-corrected chi connectivity index (χ3v) is 5.79. The first-order valence-electron chi connectivity index (χ1n) is 10.3. The minimum atomic E-state index is 0.125. The van der Waals surface area contributed by atoms with Crippen LogP contribution in [-0.2, 0) is 20.9 Å². The molecule has 0 aromatic carbocycles. The molecule has 0 unspecified atom stereocenters. The van der Waals surface area contributed by atoms with E-state index in [1.165, 1.54) is 0 Å². The summed E-state index contributed by atoms with van der Waals surface area (Å²) in [5.74, 6) is 1.83. The van der Waals surface area contributed by atoms with Crippen LogP contribution in [0.25, 0.3) is 0 Å². The maximum atomic E-state index is 12.4. The van der Waals surface area contributed by atoms with Crippen LogP contribution in [0, 0.1) is 12.8 Å². The summed E-state index contributed by atoms with van der Waals surface area (Å²) < 4.78 is 7.54. The van der Waals surface area contributed by atoms with E-state index in [1.807, 2.05) is 22.6 Å². The monoisotopic (exact) mass is 376 g/mol. The number of rotatable bonds is 8. The lowest BCUT2D eigenvalue weighted by molar-refractivity contribution is -0.133. The molecule has 1 atom stereocenters. The van der Waals surface area contributed by atoms with Gasteiger partial charge in [-0.1, -0.05) is 0 Å². The number of aryl methyl sites for hydroxylation is 2. The molecule has 2 saturated heterocycles. The van der Waals surface area contributed by atoms with E-state index >= 15 is 0 Å². The van der Waals surface area contributed by atoms with Gasteiger partial charge in [-0.15, -0.1) is 0 Å². The lowest BCUT2D eigenvalue weighted by Crippen LogP contribution is -2.39. The molecule has 1 aromatic heterocycles. The van der Waals surface area contributed by atoms with Gasteiger partial charge >= 0.3 is 0 Å². The molecule has 2 fully saturated rings. The summed E-state index contributed by atoms with van der Waals surface area (Å²) in [6, 6.07) is 0. The van der Waals surface area contributed by atoms with Gasteiger partial charge in [0, 0.05) is 58.0 Å². The zero-order valence-corrected chi connectivity index (χ0v) is 16.4. The van der Waals surface area contributed by atoms with Crippen LogP contribution < -0.4 is 5.32 Å². The second-order valence-electron chi connectivity index (χ2n) is 7.72. The summed E-state index contributed by atoms with van der Waals surface area (Å²) in [7, 11) is 0. The van der Waals surface area contributed by atoms with E-state index < -0.39 is 0 Å². The standard InChI is InChI=1S/C20H32N4O3/c1-16-21-9-13-23(16)12-8-20(26)24-10-6-17(7-11-24)4-5-19(25)22-15-18-3-2-14-27-18/h9,13,17-18H,2-8,10-12,14-15H2,1H3,(H,22,25)/t18-/m1/s1. The van der Waals surface area contributed by atoms with Crippen molar-refractivity contribution in [2.75, 3.05) is 26.2 Å². The molecule has 7 nitrogen and oxygen atoms in total. The number of hydrogen-bond acceptors (Lipinski definition) is 4. The number of nitrogens with one attached hydrogen (secondary N) is 1. The molecule has 1 aromatic rings. The molecule has 2 amide bonds. The number of aromatic nitrogens is 2. The molecule has 1 N–H and O–H groups in total. The molecular formula is C20H32N4O3. The first-order valence-corrected chi connectivity index (χ1v) is 10.3. The zero-order chi connectivity index (χ0) is 19.1. The highest BCUT2D eigenvalue weighted by molar-refractivity contribution is 5.76. The Morgan fingerprint density at radius 2 is 2.07 bits per heavy atom. The van der Waals surface area contributed by atoms with Gasteiger partial charge in [0.25, 0.3) is 0 Å². The molecule has 150 valence electrons. The predicted molar refractivity (Wildman–Crippen MR) is 102 cm³/mol. The summed E-state index contributed by atoms with van der Waals surface area (Å²) in [4.78, 5) is 30.6. The molecule has 7 heteroatoms. The smallest absolute Gasteiger partial charge is 0.224 e. The molecule has 27 heavy (non-hydrogen) atoms. The van der Waals surface area contributed by atoms with Gasteiger partial charge in [-0.25, -0.2) is 4.98 Å². The Morgan fingerprint density at radius 3 is 2.74 bits per heavy atom. The predicted octanol–water partition coefficient (Wildman–Crippen LogP) is 1.90. The van der Waals surface area contributed by atoms with E-state index in [2.05, 4.69) is 10.3 Å². The van der Waals surface area contributed by atoms with Crippen LogP contribution in [0.3, 0.4) is 0 Å². The second kappa shape index (κ2) is 9.88. The first-order chi connectivity index (χ1) is 13.1. The molecule has 3 rings (SSSR count). The van der Waals surface area contributed by atoms with Crippen molar-refractivity contribution < 1.29 is 14.3 Å². The summed E-state index contributed by atoms with van der Waals surface area (Å²) in [6.07, 6.45) is 10.0. The maximum Gasteiger partial charge on any atom is 0.224 e. The topological polar surface area (TPSA) is 76.5 Å². The summed E-state index contributed by atoms with van der Waals surface area (Å²) in [6.45, 7) is 5.72. The third kappa shape index (κ3) is 6.06. The zero-order valence-electron chi connectivity index (χ0n) is 16.4. The van der Waals surface area contributed by atoms with Crippen molar-refractivity contribution >= 4 is 11.8 Å². The Bertz CT molecular complexity index is 616. The quantitative estimate of drug-likeness (QED) is 0.752. The highest BCUT2D eigenvalue weighted by Gasteiger charge is 2.23. The highest BCUT2D eigenvalue weighted by atomic mass is 16.5. The van der Waals surface area contributed by atoms with Crippen LogP contribution in [0.15, 0.2) is 12.4 Å². The van der Waals surface area contributed by atoms with E-state index in [9.17, 15) is 9.59 Å². The molecule has 2 aliphatic heterocycles. The van der Waals surface area contributed by atoms with Crippen molar-refractivity contribution in [1.29, 1.82) is 0 Å². The Kier molecular flexibility index (Phi) is 7.26. The molecule has 0 saturated carbocycles. The van der Waals surface area contributed by atoms with E-state index in [1.54, 1.807) is 6.20 Å². The number of likely N-dealkylation sites (tertiary alicyclic amines) is 1. The maximum absolute atomic E-state index is 12.4. The fraction of sp³-hybridized carbons (Fsp3) is 0.750. The summed E-state index contributed by atoms with van der Waals surface area (Å²) in [5.41, 5.74) is 0. The Morgan fingerprint density at radius 1 is 1.26 bits per heavy atom. The average Bonchev–Trinajstić information content (AvgIpc) is 3.35. The van der Waals surface area contributed by atoms with Crippen molar-refractivity contribution in [2.45, 2.75) is 64.5 Å². The van der Waals surface area contributed by atoms with Crippen LogP contribution in [-0.4, -0.2) is 58.6 Å². The van der Waals surface area contributed by atoms with E-state index in [0.717, 1.165) is 57.6 Å². The van der Waals surface area contributed by atoms with Gasteiger partial charge in [0.15, 0.2) is 0 Å². The molecule has 0 radical (unpaired) electrons. The van der Waals surface area contributed by atoms with Crippen molar-refractivity contribution in [3.8, 4) is 0 Å². The van der Waals surface area contributed by atoms with Gasteiger partial charge < -0.3 is 19.5 Å². The van der Waals surface area contributed by atoms with Gasteiger partial charge in [-0.3, -0.25) is 9.59 Å². The third-order valence-electron chi connectivity index (χ3n) is 5.79.